The van der Waals surface area contributed by atoms with Crippen LogP contribution in [-0.4, -0.2) is 27.8 Å². The number of nitrogens with zero attached hydrogens (tertiary/aromatic N) is 2. The molecule has 124 valence electrons. The molecule has 2 heterocycles. The van der Waals surface area contributed by atoms with Gasteiger partial charge in [-0.15, -0.1) is 11.3 Å². The number of hydrogen-bond donors (Lipinski definition) is 1. The van der Waals surface area contributed by atoms with Crippen LogP contribution in [0.3, 0.4) is 0 Å². The van der Waals surface area contributed by atoms with Crippen molar-refractivity contribution in [3.8, 4) is 0 Å². The molecule has 6 heteroatoms. The molecule has 2 aromatic heterocycles. The first-order valence-electron chi connectivity index (χ1n) is 7.82. The summed E-state index contributed by atoms with van der Waals surface area (Å²) in [5, 5.41) is 0.552. The largest absolute Gasteiger partial charge is 0.334 e. The average molecular weight is 341 g/mol. The van der Waals surface area contributed by atoms with Crippen molar-refractivity contribution in [1.82, 2.24) is 14.9 Å². The average Bonchev–Trinajstić information content (AvgIpc) is 2.95. The van der Waals surface area contributed by atoms with E-state index in [-0.39, 0.29) is 18.0 Å². The number of hydrogen-bond acceptors (Lipinski definition) is 4. The second kappa shape index (κ2) is 6.57. The minimum absolute atomic E-state index is 0.0568. The van der Waals surface area contributed by atoms with E-state index in [9.17, 15) is 9.59 Å². The van der Waals surface area contributed by atoms with Gasteiger partial charge in [-0.2, -0.15) is 0 Å². The van der Waals surface area contributed by atoms with Gasteiger partial charge in [-0.25, -0.2) is 4.98 Å². The molecule has 3 aromatic rings. The molecular weight excluding hydrogens is 322 g/mol. The molecule has 1 aromatic carbocycles. The van der Waals surface area contributed by atoms with Gasteiger partial charge in [0.25, 0.3) is 11.5 Å². The van der Waals surface area contributed by atoms with Gasteiger partial charge in [-0.05, 0) is 37.1 Å². The summed E-state index contributed by atoms with van der Waals surface area (Å²) in [4.78, 5) is 35.4. The van der Waals surface area contributed by atoms with Crippen molar-refractivity contribution in [3.63, 3.8) is 0 Å². The third kappa shape index (κ3) is 3.10. The number of nitrogens with one attached hydrogen (secondary N) is 1. The lowest BCUT2D eigenvalue weighted by atomic mass is 10.2. The van der Waals surface area contributed by atoms with Crippen molar-refractivity contribution in [3.05, 3.63) is 61.8 Å². The van der Waals surface area contributed by atoms with Gasteiger partial charge in [0.2, 0.25) is 0 Å². The summed E-state index contributed by atoms with van der Waals surface area (Å²) in [6.07, 6.45) is 0.924. The van der Waals surface area contributed by atoms with Gasteiger partial charge in [-0.3, -0.25) is 9.59 Å². The number of H-pyrrole nitrogens is 1. The number of amides is 1. The number of benzene rings is 1. The molecule has 1 N–H and O–H groups in total. The molecule has 0 fully saturated rings. The van der Waals surface area contributed by atoms with Crippen LogP contribution in [-0.2, 0) is 13.0 Å². The van der Waals surface area contributed by atoms with Gasteiger partial charge < -0.3 is 9.88 Å². The van der Waals surface area contributed by atoms with Crippen LogP contribution in [0.25, 0.3) is 10.9 Å². The van der Waals surface area contributed by atoms with E-state index < -0.39 is 0 Å². The zero-order valence-corrected chi connectivity index (χ0v) is 14.7. The third-order valence-corrected chi connectivity index (χ3v) is 5.32. The van der Waals surface area contributed by atoms with Gasteiger partial charge in [0, 0.05) is 11.9 Å². The van der Waals surface area contributed by atoms with E-state index in [0.29, 0.717) is 16.7 Å². The van der Waals surface area contributed by atoms with Gasteiger partial charge in [-0.1, -0.05) is 19.1 Å². The number of fused-ring (bicyclic) bond motifs is 1. The number of thiophene rings is 1. The molecule has 1 amide bonds. The van der Waals surface area contributed by atoms with Gasteiger partial charge in [0.15, 0.2) is 0 Å². The second-order valence-electron chi connectivity index (χ2n) is 5.76. The molecule has 3 rings (SSSR count). The first kappa shape index (κ1) is 16.4. The highest BCUT2D eigenvalue weighted by Gasteiger charge is 2.17. The molecule has 0 aliphatic heterocycles. The van der Waals surface area contributed by atoms with E-state index in [1.54, 1.807) is 30.1 Å². The van der Waals surface area contributed by atoms with Crippen molar-refractivity contribution in [1.29, 1.82) is 0 Å². The molecule has 0 unspecified atom stereocenters. The number of aromatic nitrogens is 2. The Morgan fingerprint density at radius 2 is 2.08 bits per heavy atom. The third-order valence-electron chi connectivity index (χ3n) is 3.95. The molecule has 0 atom stereocenters. The topological polar surface area (TPSA) is 66.1 Å². The molecule has 0 bridgehead atoms. The summed E-state index contributed by atoms with van der Waals surface area (Å²) < 4.78 is 0. The summed E-state index contributed by atoms with van der Waals surface area (Å²) in [7, 11) is 1.72. The highest BCUT2D eigenvalue weighted by molar-refractivity contribution is 7.14. The predicted molar refractivity (Wildman–Crippen MR) is 96.6 cm³/mol. The molecule has 0 aliphatic rings. The fourth-order valence-corrected chi connectivity index (χ4v) is 3.78. The molecule has 0 spiro atoms. The fourth-order valence-electron chi connectivity index (χ4n) is 2.67. The van der Waals surface area contributed by atoms with E-state index in [1.165, 1.54) is 16.2 Å². The van der Waals surface area contributed by atoms with Crippen molar-refractivity contribution in [2.24, 2.45) is 0 Å². The minimum Gasteiger partial charge on any atom is -0.334 e. The van der Waals surface area contributed by atoms with Crippen molar-refractivity contribution in [2.45, 2.75) is 26.8 Å². The Balaban J connectivity index is 1.84. The smallest absolute Gasteiger partial charge is 0.264 e. The number of aromatic amines is 1. The standard InChI is InChI=1S/C18H19N3O2S/c1-4-14-11(2)9-15(24-14)18(23)21(3)10-16-19-13-8-6-5-7-12(13)17(22)20-16/h5-9H,4,10H2,1-3H3,(H,19,20,22). The van der Waals surface area contributed by atoms with Crippen molar-refractivity contribution in [2.75, 3.05) is 7.05 Å². The zero-order valence-electron chi connectivity index (χ0n) is 13.9. The molecule has 0 radical (unpaired) electrons. The number of rotatable bonds is 4. The Bertz CT molecular complexity index is 958. The van der Waals surface area contributed by atoms with E-state index in [4.69, 9.17) is 0 Å². The molecule has 0 aliphatic carbocycles. The normalized spacial score (nSPS) is 11.0. The Morgan fingerprint density at radius 1 is 1.33 bits per heavy atom. The van der Waals surface area contributed by atoms with Crippen molar-refractivity contribution >= 4 is 28.1 Å². The highest BCUT2D eigenvalue weighted by atomic mass is 32.1. The summed E-state index contributed by atoms with van der Waals surface area (Å²) in [5.74, 6) is 0.428. The number of para-hydroxylation sites is 1. The van der Waals surface area contributed by atoms with Gasteiger partial charge in [0.1, 0.15) is 5.82 Å². The predicted octanol–water partition coefficient (Wildman–Crippen LogP) is 3.13. The van der Waals surface area contributed by atoms with Crippen LogP contribution in [0, 0.1) is 6.92 Å². The summed E-state index contributed by atoms with van der Waals surface area (Å²) in [5.41, 5.74) is 1.60. The lowest BCUT2D eigenvalue weighted by molar-refractivity contribution is 0.0786. The lowest BCUT2D eigenvalue weighted by Gasteiger charge is -2.15. The highest BCUT2D eigenvalue weighted by Crippen LogP contribution is 2.23. The SMILES string of the molecule is CCc1sc(C(=O)N(C)Cc2nc3ccccc3c(=O)[nH]2)cc1C. The molecule has 5 nitrogen and oxygen atoms in total. The zero-order chi connectivity index (χ0) is 17.3. The fraction of sp³-hybridized carbons (Fsp3) is 0.278. The van der Waals surface area contributed by atoms with Gasteiger partial charge >= 0.3 is 0 Å². The maximum absolute atomic E-state index is 12.6. The first-order chi connectivity index (χ1) is 11.5. The van der Waals surface area contributed by atoms with Crippen LogP contribution in [0.4, 0.5) is 0 Å². The second-order valence-corrected chi connectivity index (χ2v) is 6.90. The number of carbonyl (C=O) groups is 1. The number of carbonyl (C=O) groups excluding carboxylic acids is 1. The lowest BCUT2D eigenvalue weighted by Crippen LogP contribution is -2.27. The summed E-state index contributed by atoms with van der Waals surface area (Å²) >= 11 is 1.53. The molecular formula is C18H19N3O2S. The van der Waals surface area contributed by atoms with E-state index in [2.05, 4.69) is 16.9 Å². The number of aryl methyl sites for hydroxylation is 2. The summed E-state index contributed by atoms with van der Waals surface area (Å²) in [6.45, 7) is 4.37. The van der Waals surface area contributed by atoms with Crippen LogP contribution in [0.1, 0.15) is 32.9 Å². The van der Waals surface area contributed by atoms with E-state index in [0.717, 1.165) is 16.9 Å². The van der Waals surface area contributed by atoms with Gasteiger partial charge in [0.05, 0.1) is 22.3 Å². The monoisotopic (exact) mass is 341 g/mol. The van der Waals surface area contributed by atoms with Crippen LogP contribution >= 0.6 is 11.3 Å². The Kier molecular flexibility index (Phi) is 4.49. The Labute approximate surface area is 144 Å². The minimum atomic E-state index is -0.184. The summed E-state index contributed by atoms with van der Waals surface area (Å²) in [6, 6.07) is 9.11. The molecule has 0 saturated carbocycles. The Morgan fingerprint density at radius 3 is 2.79 bits per heavy atom. The maximum atomic E-state index is 12.6. The van der Waals surface area contributed by atoms with Crippen LogP contribution < -0.4 is 5.56 Å². The van der Waals surface area contributed by atoms with Crippen LogP contribution in [0.5, 0.6) is 0 Å². The molecule has 24 heavy (non-hydrogen) atoms. The van der Waals surface area contributed by atoms with E-state index >= 15 is 0 Å². The van der Waals surface area contributed by atoms with Crippen LogP contribution in [0.15, 0.2) is 35.1 Å². The maximum Gasteiger partial charge on any atom is 0.264 e. The Hall–Kier alpha value is -2.47. The first-order valence-corrected chi connectivity index (χ1v) is 8.64. The van der Waals surface area contributed by atoms with Crippen LogP contribution in [0.2, 0.25) is 0 Å². The molecule has 0 saturated heterocycles. The van der Waals surface area contributed by atoms with E-state index in [1.807, 2.05) is 19.1 Å². The quantitative estimate of drug-likeness (QED) is 0.793. The van der Waals surface area contributed by atoms with Crippen molar-refractivity contribution < 1.29 is 4.79 Å².